The first-order chi connectivity index (χ1) is 12.5. The average Bonchev–Trinajstić information content (AvgIpc) is 3.20. The molecule has 1 N–H and O–H groups in total. The molecule has 1 aromatic heterocycles. The number of thioether (sulfide) groups is 1. The van der Waals surface area contributed by atoms with Gasteiger partial charge in [0.2, 0.25) is 0 Å². The number of rotatable bonds is 6. The molecule has 1 aromatic rings. The van der Waals surface area contributed by atoms with Crippen molar-refractivity contribution in [3.05, 3.63) is 23.7 Å². The van der Waals surface area contributed by atoms with E-state index in [4.69, 9.17) is 9.15 Å². The van der Waals surface area contributed by atoms with Crippen LogP contribution in [-0.2, 0) is 10.5 Å². The molecule has 4 atom stereocenters. The summed E-state index contributed by atoms with van der Waals surface area (Å²) in [6.45, 7) is 8.27. The topological polar surface area (TPSA) is 66.2 Å². The van der Waals surface area contributed by atoms with Crippen molar-refractivity contribution >= 4 is 17.7 Å². The maximum Gasteiger partial charge on any atom is 0.289 e. The molecule has 0 radical (unpaired) electrons. The first kappa shape index (κ1) is 19.7. The molecule has 0 aliphatic carbocycles. The molecule has 2 aliphatic heterocycles. The van der Waals surface area contributed by atoms with Crippen molar-refractivity contribution in [2.24, 2.45) is 11.8 Å². The fraction of sp³-hybridized carbons (Fsp3) is 0.737. The Kier molecular flexibility index (Phi) is 6.66. The Morgan fingerprint density at radius 2 is 1.88 bits per heavy atom. The van der Waals surface area contributed by atoms with Crippen LogP contribution < -0.4 is 0 Å². The van der Waals surface area contributed by atoms with Crippen LogP contribution in [0.5, 0.6) is 0 Å². The van der Waals surface area contributed by atoms with E-state index in [1.165, 1.54) is 0 Å². The predicted octanol–water partition coefficient (Wildman–Crippen LogP) is 1.93. The number of ether oxygens (including phenoxy) is 1. The predicted molar refractivity (Wildman–Crippen MR) is 102 cm³/mol. The Balaban J connectivity index is 1.61. The normalized spacial score (nSPS) is 30.1. The molecule has 1 amide bonds. The number of amides is 1. The minimum Gasteiger partial charge on any atom is -0.455 e. The monoisotopic (exact) mass is 382 g/mol. The minimum atomic E-state index is -0.0676. The van der Waals surface area contributed by atoms with Gasteiger partial charge in [0.25, 0.3) is 5.91 Å². The maximum absolute atomic E-state index is 12.8. The maximum atomic E-state index is 12.8. The highest BCUT2D eigenvalue weighted by Gasteiger charge is 2.37. The molecule has 146 valence electrons. The summed E-state index contributed by atoms with van der Waals surface area (Å²) in [4.78, 5) is 17.0. The van der Waals surface area contributed by atoms with Gasteiger partial charge in [-0.2, -0.15) is 11.8 Å². The van der Waals surface area contributed by atoms with E-state index in [1.807, 2.05) is 17.2 Å². The third-order valence-electron chi connectivity index (χ3n) is 5.25. The van der Waals surface area contributed by atoms with Gasteiger partial charge in [-0.1, -0.05) is 0 Å². The van der Waals surface area contributed by atoms with E-state index in [2.05, 4.69) is 18.7 Å². The third-order valence-corrected chi connectivity index (χ3v) is 5.82. The van der Waals surface area contributed by atoms with Crippen LogP contribution in [0, 0.1) is 11.8 Å². The smallest absolute Gasteiger partial charge is 0.289 e. The number of nitrogens with zero attached hydrogens (tertiary/aromatic N) is 2. The molecule has 26 heavy (non-hydrogen) atoms. The lowest BCUT2D eigenvalue weighted by Crippen LogP contribution is -2.48. The first-order valence-electron chi connectivity index (χ1n) is 9.35. The fourth-order valence-electron chi connectivity index (χ4n) is 4.15. The lowest BCUT2D eigenvalue weighted by molar-refractivity contribution is -0.0726. The third kappa shape index (κ3) is 4.63. The first-order valence-corrected chi connectivity index (χ1v) is 10.7. The van der Waals surface area contributed by atoms with Gasteiger partial charge >= 0.3 is 0 Å². The molecular weight excluding hydrogens is 352 g/mol. The van der Waals surface area contributed by atoms with Gasteiger partial charge in [0.1, 0.15) is 5.76 Å². The van der Waals surface area contributed by atoms with Gasteiger partial charge in [-0.25, -0.2) is 0 Å². The van der Waals surface area contributed by atoms with E-state index in [0.717, 1.165) is 31.1 Å². The zero-order valence-corrected chi connectivity index (χ0v) is 16.7. The zero-order valence-electron chi connectivity index (χ0n) is 15.9. The summed E-state index contributed by atoms with van der Waals surface area (Å²) in [5, 5.41) is 9.81. The number of hydrogen-bond acceptors (Lipinski definition) is 6. The summed E-state index contributed by atoms with van der Waals surface area (Å²) in [5.41, 5.74) is 0. The summed E-state index contributed by atoms with van der Waals surface area (Å²) in [5.74, 6) is 2.33. The van der Waals surface area contributed by atoms with Crippen molar-refractivity contribution in [3.63, 3.8) is 0 Å². The molecule has 0 saturated carbocycles. The van der Waals surface area contributed by atoms with Crippen molar-refractivity contribution in [2.75, 3.05) is 45.6 Å². The fourth-order valence-corrected chi connectivity index (χ4v) is 4.59. The van der Waals surface area contributed by atoms with Crippen LogP contribution >= 0.6 is 11.8 Å². The minimum absolute atomic E-state index is 0.0676. The van der Waals surface area contributed by atoms with E-state index in [1.54, 1.807) is 17.8 Å². The second-order valence-electron chi connectivity index (χ2n) is 7.59. The van der Waals surface area contributed by atoms with Crippen LogP contribution in [0.25, 0.3) is 0 Å². The van der Waals surface area contributed by atoms with Crippen molar-refractivity contribution in [1.82, 2.24) is 9.80 Å². The Hall–Kier alpha value is -1.02. The van der Waals surface area contributed by atoms with Crippen LogP contribution in [-0.4, -0.2) is 78.6 Å². The Morgan fingerprint density at radius 1 is 1.19 bits per heavy atom. The van der Waals surface area contributed by atoms with E-state index in [9.17, 15) is 9.90 Å². The van der Waals surface area contributed by atoms with Crippen LogP contribution in [0.1, 0.15) is 30.2 Å². The molecule has 0 unspecified atom stereocenters. The van der Waals surface area contributed by atoms with Crippen LogP contribution in [0.4, 0.5) is 0 Å². The molecular formula is C19H30N2O4S. The molecule has 7 heteroatoms. The van der Waals surface area contributed by atoms with Gasteiger partial charge in [-0.05, 0) is 38.2 Å². The number of furan rings is 1. The number of hydrogen-bond donors (Lipinski definition) is 1. The van der Waals surface area contributed by atoms with Crippen molar-refractivity contribution < 1.29 is 19.1 Å². The van der Waals surface area contributed by atoms with Crippen LogP contribution in [0.2, 0.25) is 0 Å². The highest BCUT2D eigenvalue weighted by Crippen LogP contribution is 2.27. The van der Waals surface area contributed by atoms with Crippen molar-refractivity contribution in [1.29, 1.82) is 0 Å². The van der Waals surface area contributed by atoms with Crippen molar-refractivity contribution in [2.45, 2.75) is 31.8 Å². The van der Waals surface area contributed by atoms with Gasteiger partial charge in [0, 0.05) is 45.2 Å². The van der Waals surface area contributed by atoms with Crippen LogP contribution in [0.15, 0.2) is 16.5 Å². The van der Waals surface area contributed by atoms with Gasteiger partial charge in [-0.3, -0.25) is 9.69 Å². The molecule has 3 heterocycles. The summed E-state index contributed by atoms with van der Waals surface area (Å²) >= 11 is 1.67. The molecule has 3 rings (SSSR count). The molecule has 2 aliphatic rings. The zero-order chi connectivity index (χ0) is 18.7. The lowest BCUT2D eigenvalue weighted by Gasteiger charge is -2.37. The van der Waals surface area contributed by atoms with E-state index < -0.39 is 0 Å². The molecule has 0 aromatic carbocycles. The molecule has 0 bridgehead atoms. The number of aliphatic hydroxyl groups excluding tert-OH is 1. The Labute approximate surface area is 159 Å². The number of aliphatic hydroxyl groups is 1. The second kappa shape index (κ2) is 8.78. The average molecular weight is 383 g/mol. The quantitative estimate of drug-likeness (QED) is 0.811. The number of carbonyl (C=O) groups is 1. The Morgan fingerprint density at radius 3 is 2.54 bits per heavy atom. The summed E-state index contributed by atoms with van der Waals surface area (Å²) < 4.78 is 11.5. The van der Waals surface area contributed by atoms with E-state index in [0.29, 0.717) is 18.8 Å². The number of likely N-dealkylation sites (tertiary alicyclic amines) is 1. The molecule has 0 spiro atoms. The van der Waals surface area contributed by atoms with E-state index >= 15 is 0 Å². The van der Waals surface area contributed by atoms with E-state index in [-0.39, 0.29) is 36.6 Å². The van der Waals surface area contributed by atoms with Crippen molar-refractivity contribution in [3.8, 4) is 0 Å². The molecule has 6 nitrogen and oxygen atoms in total. The van der Waals surface area contributed by atoms with Crippen LogP contribution in [0.3, 0.4) is 0 Å². The SMILES string of the molecule is CSCc1ccc(C(=O)N2C[C@@H](CN3C[C@@H](C)O[C@@H](C)C3)[C@@H](CO)C2)o1. The summed E-state index contributed by atoms with van der Waals surface area (Å²) in [7, 11) is 0. The largest absolute Gasteiger partial charge is 0.455 e. The highest BCUT2D eigenvalue weighted by atomic mass is 32.2. The highest BCUT2D eigenvalue weighted by molar-refractivity contribution is 7.97. The number of carbonyl (C=O) groups excluding carboxylic acids is 1. The standard InChI is InChI=1S/C19H30N2O4S/c1-13-6-20(7-14(2)24-13)8-15-9-21(10-16(15)11-22)19(23)18-5-4-17(25-18)12-26-3/h4-5,13-16,22H,6-12H2,1-3H3/t13-,14+,15-,16-/m1/s1. The number of morpholine rings is 1. The van der Waals surface area contributed by atoms with Gasteiger partial charge in [0.15, 0.2) is 5.76 Å². The molecule has 2 saturated heterocycles. The van der Waals surface area contributed by atoms with Gasteiger partial charge < -0.3 is 19.2 Å². The Bertz CT molecular complexity index is 598. The second-order valence-corrected chi connectivity index (χ2v) is 8.45. The lowest BCUT2D eigenvalue weighted by atomic mass is 9.96. The van der Waals surface area contributed by atoms with Gasteiger partial charge in [0.05, 0.1) is 18.0 Å². The van der Waals surface area contributed by atoms with Gasteiger partial charge in [-0.15, -0.1) is 0 Å². The summed E-state index contributed by atoms with van der Waals surface area (Å²) in [6, 6.07) is 3.64. The molecule has 2 fully saturated rings. The summed E-state index contributed by atoms with van der Waals surface area (Å²) in [6.07, 6.45) is 2.46.